The third-order valence-corrected chi connectivity index (χ3v) is 4.82. The molecule has 7 nitrogen and oxygen atoms in total. The van der Waals surface area contributed by atoms with E-state index in [-0.39, 0.29) is 18.2 Å². The smallest absolute Gasteiger partial charge is 0.241 e. The topological polar surface area (TPSA) is 90.1 Å². The average Bonchev–Trinajstić information content (AvgIpc) is 3.19. The summed E-state index contributed by atoms with van der Waals surface area (Å²) in [6, 6.07) is 16.3. The summed E-state index contributed by atoms with van der Waals surface area (Å²) in [5.41, 5.74) is 3.02. The van der Waals surface area contributed by atoms with Crippen LogP contribution in [-0.4, -0.2) is 28.1 Å². The summed E-state index contributed by atoms with van der Waals surface area (Å²) in [5.74, 6) is 0.517. The number of anilines is 1. The van der Waals surface area contributed by atoms with Crippen LogP contribution in [0.15, 0.2) is 71.6 Å². The Kier molecular flexibility index (Phi) is 5.72. The molecule has 4 rings (SSSR count). The third-order valence-electron chi connectivity index (χ3n) is 4.45. The summed E-state index contributed by atoms with van der Waals surface area (Å²) >= 11 is 6.17. The van der Waals surface area contributed by atoms with Crippen molar-refractivity contribution in [3.63, 3.8) is 0 Å². The number of ether oxygens (including phenoxy) is 1. The molecule has 0 spiro atoms. The summed E-state index contributed by atoms with van der Waals surface area (Å²) in [6.07, 6.45) is 3.12. The molecule has 1 amide bonds. The van der Waals surface area contributed by atoms with Gasteiger partial charge in [-0.15, -0.1) is 0 Å². The van der Waals surface area contributed by atoms with Gasteiger partial charge in [-0.2, -0.15) is 0 Å². The lowest BCUT2D eigenvalue weighted by Crippen LogP contribution is -2.14. The highest BCUT2D eigenvalue weighted by molar-refractivity contribution is 6.31. The number of amides is 1. The fraction of sp³-hybridized carbons (Fsp3) is 0.0909. The maximum atomic E-state index is 12.7. The van der Waals surface area contributed by atoms with Gasteiger partial charge in [-0.05, 0) is 29.8 Å². The summed E-state index contributed by atoms with van der Waals surface area (Å²) < 4.78 is 11.0. The highest BCUT2D eigenvalue weighted by atomic mass is 35.5. The Morgan fingerprint density at radius 3 is 2.70 bits per heavy atom. The van der Waals surface area contributed by atoms with Crippen LogP contribution in [0.4, 0.5) is 5.88 Å². The molecule has 0 saturated heterocycles. The zero-order valence-electron chi connectivity index (χ0n) is 16.0. The summed E-state index contributed by atoms with van der Waals surface area (Å²) in [5, 5.41) is 7.50. The normalized spacial score (nSPS) is 10.6. The van der Waals surface area contributed by atoms with E-state index in [9.17, 15) is 4.79 Å². The molecule has 150 valence electrons. The van der Waals surface area contributed by atoms with E-state index in [0.717, 1.165) is 0 Å². The predicted molar refractivity (Wildman–Crippen MR) is 113 cm³/mol. The minimum atomic E-state index is -0.291. The first-order valence-electron chi connectivity index (χ1n) is 9.10. The number of carbonyl (C=O) groups is 1. The molecule has 30 heavy (non-hydrogen) atoms. The minimum absolute atomic E-state index is 0.0909. The quantitative estimate of drug-likeness (QED) is 0.488. The van der Waals surface area contributed by atoms with E-state index < -0.39 is 0 Å². The standard InChI is InChI=1S/C22H17ClN4O3/c1-29-18-9-5-3-7-15(18)21-20(17-10-11-24-13-25-17)22(30-27-21)26-19(28)12-14-6-2-4-8-16(14)23/h2-11,13H,12H2,1H3,(H,26,28). The van der Waals surface area contributed by atoms with Crippen LogP contribution < -0.4 is 10.1 Å². The number of hydrogen-bond acceptors (Lipinski definition) is 6. The van der Waals surface area contributed by atoms with E-state index in [2.05, 4.69) is 20.4 Å². The zero-order chi connectivity index (χ0) is 20.9. The SMILES string of the molecule is COc1ccccc1-c1noc(NC(=O)Cc2ccccc2Cl)c1-c1ccncn1. The zero-order valence-corrected chi connectivity index (χ0v) is 16.8. The predicted octanol–water partition coefficient (Wildman–Crippen LogP) is 4.64. The maximum Gasteiger partial charge on any atom is 0.241 e. The Morgan fingerprint density at radius 2 is 1.93 bits per heavy atom. The van der Waals surface area contributed by atoms with Crippen LogP contribution in [0.5, 0.6) is 5.75 Å². The van der Waals surface area contributed by atoms with Crippen LogP contribution in [0.3, 0.4) is 0 Å². The Labute approximate surface area is 177 Å². The number of nitrogens with one attached hydrogen (secondary N) is 1. The molecular weight excluding hydrogens is 404 g/mol. The van der Waals surface area contributed by atoms with Crippen LogP contribution >= 0.6 is 11.6 Å². The molecule has 8 heteroatoms. The number of halogens is 1. The van der Waals surface area contributed by atoms with Gasteiger partial charge < -0.3 is 9.26 Å². The van der Waals surface area contributed by atoms with Gasteiger partial charge in [-0.25, -0.2) is 9.97 Å². The van der Waals surface area contributed by atoms with Crippen LogP contribution in [-0.2, 0) is 11.2 Å². The minimum Gasteiger partial charge on any atom is -0.496 e. The van der Waals surface area contributed by atoms with E-state index in [0.29, 0.717) is 38.9 Å². The fourth-order valence-electron chi connectivity index (χ4n) is 3.06. The van der Waals surface area contributed by atoms with Crippen LogP contribution in [0.25, 0.3) is 22.5 Å². The van der Waals surface area contributed by atoms with Crippen molar-refractivity contribution < 1.29 is 14.1 Å². The van der Waals surface area contributed by atoms with Crippen molar-refractivity contribution in [2.45, 2.75) is 6.42 Å². The van der Waals surface area contributed by atoms with Gasteiger partial charge in [0, 0.05) is 16.8 Å². The number of methoxy groups -OCH3 is 1. The number of para-hydroxylation sites is 1. The molecule has 2 aromatic heterocycles. The Balaban J connectivity index is 1.73. The van der Waals surface area contributed by atoms with E-state index in [1.54, 1.807) is 31.5 Å². The summed E-state index contributed by atoms with van der Waals surface area (Å²) in [6.45, 7) is 0. The molecule has 0 aliphatic rings. The van der Waals surface area contributed by atoms with Crippen molar-refractivity contribution in [2.24, 2.45) is 0 Å². The molecule has 2 heterocycles. The summed E-state index contributed by atoms with van der Waals surface area (Å²) in [4.78, 5) is 20.9. The van der Waals surface area contributed by atoms with Gasteiger partial charge in [0.1, 0.15) is 17.8 Å². The molecule has 0 aliphatic heterocycles. The van der Waals surface area contributed by atoms with Crippen molar-refractivity contribution in [1.82, 2.24) is 15.1 Å². The molecule has 0 saturated carbocycles. The largest absolute Gasteiger partial charge is 0.496 e. The van der Waals surface area contributed by atoms with E-state index >= 15 is 0 Å². The number of aromatic nitrogens is 3. The summed E-state index contributed by atoms with van der Waals surface area (Å²) in [7, 11) is 1.58. The van der Waals surface area contributed by atoms with Crippen LogP contribution in [0, 0.1) is 0 Å². The molecule has 4 aromatic rings. The lowest BCUT2D eigenvalue weighted by atomic mass is 10.0. The number of rotatable bonds is 6. The molecule has 2 aromatic carbocycles. The Bertz CT molecular complexity index is 1180. The molecule has 0 unspecified atom stereocenters. The van der Waals surface area contributed by atoms with Crippen molar-refractivity contribution in [1.29, 1.82) is 0 Å². The highest BCUT2D eigenvalue weighted by Gasteiger charge is 2.24. The molecule has 0 bridgehead atoms. The van der Waals surface area contributed by atoms with Gasteiger partial charge in [-0.3, -0.25) is 10.1 Å². The van der Waals surface area contributed by atoms with Gasteiger partial charge in [0.25, 0.3) is 0 Å². The van der Waals surface area contributed by atoms with E-state index in [1.807, 2.05) is 36.4 Å². The molecular formula is C22H17ClN4O3. The first kappa shape index (κ1) is 19.6. The second kappa shape index (κ2) is 8.75. The molecule has 0 aliphatic carbocycles. The monoisotopic (exact) mass is 420 g/mol. The average molecular weight is 421 g/mol. The van der Waals surface area contributed by atoms with Crippen molar-refractivity contribution in [3.05, 3.63) is 77.7 Å². The van der Waals surface area contributed by atoms with Gasteiger partial charge >= 0.3 is 0 Å². The van der Waals surface area contributed by atoms with Crippen LogP contribution in [0.2, 0.25) is 5.02 Å². The van der Waals surface area contributed by atoms with Gasteiger partial charge in [0.2, 0.25) is 11.8 Å². The number of carbonyl (C=O) groups excluding carboxylic acids is 1. The molecule has 0 fully saturated rings. The first-order chi connectivity index (χ1) is 14.7. The number of hydrogen-bond donors (Lipinski definition) is 1. The first-order valence-corrected chi connectivity index (χ1v) is 9.48. The van der Waals surface area contributed by atoms with Crippen LogP contribution in [0.1, 0.15) is 5.56 Å². The molecule has 1 N–H and O–H groups in total. The number of nitrogens with zero attached hydrogens (tertiary/aromatic N) is 3. The third kappa shape index (κ3) is 4.01. The van der Waals surface area contributed by atoms with Gasteiger partial charge in [0.05, 0.1) is 24.8 Å². The second-order valence-electron chi connectivity index (χ2n) is 6.35. The fourth-order valence-corrected chi connectivity index (χ4v) is 3.26. The molecule has 0 radical (unpaired) electrons. The molecule has 0 atom stereocenters. The second-order valence-corrected chi connectivity index (χ2v) is 6.75. The van der Waals surface area contributed by atoms with Crippen molar-refractivity contribution in [2.75, 3.05) is 12.4 Å². The number of benzene rings is 2. The van der Waals surface area contributed by atoms with E-state index in [1.165, 1.54) is 6.33 Å². The van der Waals surface area contributed by atoms with Gasteiger partial charge in [-0.1, -0.05) is 47.1 Å². The van der Waals surface area contributed by atoms with E-state index in [4.69, 9.17) is 20.9 Å². The maximum absolute atomic E-state index is 12.7. The lowest BCUT2D eigenvalue weighted by Gasteiger charge is -2.08. The Morgan fingerprint density at radius 1 is 1.13 bits per heavy atom. The Hall–Kier alpha value is -3.71. The van der Waals surface area contributed by atoms with Crippen molar-refractivity contribution >= 4 is 23.4 Å². The highest BCUT2D eigenvalue weighted by Crippen LogP contribution is 2.40. The lowest BCUT2D eigenvalue weighted by molar-refractivity contribution is -0.115. The van der Waals surface area contributed by atoms with Gasteiger partial charge in [0.15, 0.2) is 0 Å². The van der Waals surface area contributed by atoms with Crippen molar-refractivity contribution in [3.8, 4) is 28.3 Å².